The van der Waals surface area contributed by atoms with Crippen LogP contribution in [0.25, 0.3) is 0 Å². The molecule has 92 valence electrons. The van der Waals surface area contributed by atoms with Gasteiger partial charge in [-0.05, 0) is 55.9 Å². The van der Waals surface area contributed by atoms with Gasteiger partial charge in [-0.3, -0.25) is 4.79 Å². The average molecular weight is 232 g/mol. The van der Waals surface area contributed by atoms with E-state index in [-0.39, 0.29) is 0 Å². The summed E-state index contributed by atoms with van der Waals surface area (Å²) in [6.45, 7) is 4.26. The van der Waals surface area contributed by atoms with E-state index in [0.29, 0.717) is 17.6 Å². The minimum absolute atomic E-state index is 0.338. The Kier molecular flexibility index (Phi) is 3.82. The second-order valence-electron chi connectivity index (χ2n) is 5.06. The van der Waals surface area contributed by atoms with Crippen LogP contribution in [0.5, 0.6) is 5.75 Å². The molecule has 2 unspecified atom stereocenters. The van der Waals surface area contributed by atoms with Crippen molar-refractivity contribution < 1.29 is 9.53 Å². The summed E-state index contributed by atoms with van der Waals surface area (Å²) in [7, 11) is 0. The van der Waals surface area contributed by atoms with Gasteiger partial charge in [0.25, 0.3) is 0 Å². The van der Waals surface area contributed by atoms with Crippen LogP contribution >= 0.6 is 0 Å². The molecule has 1 aromatic rings. The lowest BCUT2D eigenvalue weighted by Crippen LogP contribution is -2.28. The van der Waals surface area contributed by atoms with Crippen LogP contribution in [-0.4, -0.2) is 12.4 Å². The van der Waals surface area contributed by atoms with Crippen LogP contribution in [0.15, 0.2) is 18.2 Å². The first kappa shape index (κ1) is 12.2. The summed E-state index contributed by atoms with van der Waals surface area (Å²) < 4.78 is 6.08. The smallest absolute Gasteiger partial charge is 0.150 e. The molecule has 2 nitrogen and oxygen atoms in total. The Hall–Kier alpha value is -1.31. The maximum Gasteiger partial charge on any atom is 0.150 e. The maximum absolute atomic E-state index is 10.7. The number of ether oxygens (including phenoxy) is 1. The van der Waals surface area contributed by atoms with Crippen LogP contribution in [0, 0.1) is 12.8 Å². The molecule has 1 aliphatic rings. The monoisotopic (exact) mass is 232 g/mol. The number of aldehydes is 1. The Labute approximate surface area is 103 Å². The lowest BCUT2D eigenvalue weighted by Gasteiger charge is -2.29. The normalized spacial score (nSPS) is 24.4. The zero-order valence-electron chi connectivity index (χ0n) is 10.6. The lowest BCUT2D eigenvalue weighted by atomic mass is 9.88. The molecule has 0 aromatic heterocycles. The summed E-state index contributed by atoms with van der Waals surface area (Å²) in [4.78, 5) is 10.7. The molecule has 1 saturated carbocycles. The van der Waals surface area contributed by atoms with Gasteiger partial charge in [-0.2, -0.15) is 0 Å². The fourth-order valence-electron chi connectivity index (χ4n) is 2.50. The third-order valence-corrected chi connectivity index (χ3v) is 3.65. The summed E-state index contributed by atoms with van der Waals surface area (Å²) in [6.07, 6.45) is 6.21. The Morgan fingerprint density at radius 2 is 2.06 bits per heavy atom. The van der Waals surface area contributed by atoms with Crippen LogP contribution in [-0.2, 0) is 0 Å². The minimum Gasteiger partial charge on any atom is -0.490 e. The predicted octanol–water partition coefficient (Wildman–Crippen LogP) is 3.77. The Morgan fingerprint density at radius 3 is 2.71 bits per heavy atom. The van der Waals surface area contributed by atoms with Gasteiger partial charge >= 0.3 is 0 Å². The van der Waals surface area contributed by atoms with Gasteiger partial charge in [0, 0.05) is 5.56 Å². The molecule has 2 heteroatoms. The standard InChI is InChI=1S/C15H20O2/c1-11-5-3-4-6-14(11)17-15-8-7-13(10-16)9-12(15)2/h7-11,14H,3-6H2,1-2H3. The van der Waals surface area contributed by atoms with Crippen molar-refractivity contribution in [2.45, 2.75) is 45.6 Å². The van der Waals surface area contributed by atoms with Gasteiger partial charge < -0.3 is 4.74 Å². The molecule has 2 rings (SSSR count). The largest absolute Gasteiger partial charge is 0.490 e. The van der Waals surface area contributed by atoms with Crippen molar-refractivity contribution in [3.8, 4) is 5.75 Å². The molecule has 2 atom stereocenters. The molecule has 1 aromatic carbocycles. The molecule has 0 N–H and O–H groups in total. The highest BCUT2D eigenvalue weighted by molar-refractivity contribution is 5.75. The molecule has 0 bridgehead atoms. The van der Waals surface area contributed by atoms with Crippen molar-refractivity contribution in [3.63, 3.8) is 0 Å². The first-order chi connectivity index (χ1) is 8.20. The van der Waals surface area contributed by atoms with Crippen molar-refractivity contribution in [3.05, 3.63) is 29.3 Å². The van der Waals surface area contributed by atoms with Crippen molar-refractivity contribution in [1.82, 2.24) is 0 Å². The topological polar surface area (TPSA) is 26.3 Å². The molecule has 1 fully saturated rings. The summed E-state index contributed by atoms with van der Waals surface area (Å²) in [5.41, 5.74) is 1.76. The van der Waals surface area contributed by atoms with Gasteiger partial charge in [-0.25, -0.2) is 0 Å². The Morgan fingerprint density at radius 1 is 1.29 bits per heavy atom. The number of rotatable bonds is 3. The highest BCUT2D eigenvalue weighted by atomic mass is 16.5. The van der Waals surface area contributed by atoms with E-state index < -0.39 is 0 Å². The van der Waals surface area contributed by atoms with Gasteiger partial charge in [0.2, 0.25) is 0 Å². The first-order valence-electron chi connectivity index (χ1n) is 6.43. The number of carbonyl (C=O) groups excluding carboxylic acids is 1. The number of aryl methyl sites for hydroxylation is 1. The van der Waals surface area contributed by atoms with Crippen LogP contribution in [0.2, 0.25) is 0 Å². The molecular weight excluding hydrogens is 212 g/mol. The molecule has 0 spiro atoms. The summed E-state index contributed by atoms with van der Waals surface area (Å²) in [5, 5.41) is 0. The molecule has 0 saturated heterocycles. The van der Waals surface area contributed by atoms with Crippen LogP contribution in [0.1, 0.15) is 48.5 Å². The molecule has 0 radical (unpaired) electrons. The van der Waals surface area contributed by atoms with Gasteiger partial charge in [-0.15, -0.1) is 0 Å². The van der Waals surface area contributed by atoms with Crippen molar-refractivity contribution in [2.75, 3.05) is 0 Å². The Balaban J connectivity index is 2.09. The van der Waals surface area contributed by atoms with Crippen LogP contribution < -0.4 is 4.74 Å². The second-order valence-corrected chi connectivity index (χ2v) is 5.06. The third-order valence-electron chi connectivity index (χ3n) is 3.65. The molecule has 1 aliphatic carbocycles. The van der Waals surface area contributed by atoms with Crippen molar-refractivity contribution in [1.29, 1.82) is 0 Å². The summed E-state index contributed by atoms with van der Waals surface area (Å²) >= 11 is 0. The van der Waals surface area contributed by atoms with E-state index in [0.717, 1.165) is 24.0 Å². The Bertz CT molecular complexity index is 398. The van der Waals surface area contributed by atoms with Crippen LogP contribution in [0.4, 0.5) is 0 Å². The van der Waals surface area contributed by atoms with Gasteiger partial charge in [0.1, 0.15) is 18.1 Å². The number of hydrogen-bond donors (Lipinski definition) is 0. The SMILES string of the molecule is Cc1cc(C=O)ccc1OC1CCCCC1C. The quantitative estimate of drug-likeness (QED) is 0.742. The molecular formula is C15H20O2. The number of benzene rings is 1. The minimum atomic E-state index is 0.338. The highest BCUT2D eigenvalue weighted by Gasteiger charge is 2.23. The van der Waals surface area contributed by atoms with E-state index in [4.69, 9.17) is 4.74 Å². The van der Waals surface area contributed by atoms with E-state index in [1.165, 1.54) is 19.3 Å². The van der Waals surface area contributed by atoms with E-state index >= 15 is 0 Å². The lowest BCUT2D eigenvalue weighted by molar-refractivity contribution is 0.102. The highest BCUT2D eigenvalue weighted by Crippen LogP contribution is 2.29. The summed E-state index contributed by atoms with van der Waals surface area (Å²) in [5.74, 6) is 1.56. The van der Waals surface area contributed by atoms with Crippen LogP contribution in [0.3, 0.4) is 0 Å². The van der Waals surface area contributed by atoms with E-state index in [2.05, 4.69) is 6.92 Å². The zero-order valence-corrected chi connectivity index (χ0v) is 10.6. The average Bonchev–Trinajstić information content (AvgIpc) is 2.34. The van der Waals surface area contributed by atoms with E-state index in [9.17, 15) is 4.79 Å². The third kappa shape index (κ3) is 2.87. The van der Waals surface area contributed by atoms with Gasteiger partial charge in [0.15, 0.2) is 0 Å². The van der Waals surface area contributed by atoms with E-state index in [1.807, 2.05) is 25.1 Å². The second kappa shape index (κ2) is 5.35. The van der Waals surface area contributed by atoms with Crippen molar-refractivity contribution in [2.24, 2.45) is 5.92 Å². The van der Waals surface area contributed by atoms with Crippen molar-refractivity contribution >= 4 is 6.29 Å². The number of hydrogen-bond acceptors (Lipinski definition) is 2. The fraction of sp³-hybridized carbons (Fsp3) is 0.533. The predicted molar refractivity (Wildman–Crippen MR) is 68.6 cm³/mol. The van der Waals surface area contributed by atoms with Gasteiger partial charge in [0.05, 0.1) is 0 Å². The van der Waals surface area contributed by atoms with Gasteiger partial charge in [-0.1, -0.05) is 13.3 Å². The maximum atomic E-state index is 10.7. The molecule has 17 heavy (non-hydrogen) atoms. The fourth-order valence-corrected chi connectivity index (χ4v) is 2.50. The molecule has 0 heterocycles. The molecule has 0 aliphatic heterocycles. The van der Waals surface area contributed by atoms with E-state index in [1.54, 1.807) is 0 Å². The summed E-state index contributed by atoms with van der Waals surface area (Å²) in [6, 6.07) is 5.62. The number of carbonyl (C=O) groups is 1. The molecule has 0 amide bonds. The first-order valence-corrected chi connectivity index (χ1v) is 6.43. The zero-order chi connectivity index (χ0) is 12.3.